The van der Waals surface area contributed by atoms with Crippen LogP contribution in [0.5, 0.6) is 0 Å². The minimum atomic E-state index is -2.09. The Morgan fingerprint density at radius 2 is 1.44 bits per heavy atom. The molecule has 1 aromatic carbocycles. The van der Waals surface area contributed by atoms with Gasteiger partial charge in [-0.15, -0.1) is 0 Å². The van der Waals surface area contributed by atoms with E-state index in [0.717, 1.165) is 32.3 Å². The van der Waals surface area contributed by atoms with Crippen molar-refractivity contribution < 1.29 is 8.85 Å². The van der Waals surface area contributed by atoms with Gasteiger partial charge in [-0.05, 0) is 37.5 Å². The Hall–Kier alpha value is -0.466. The summed E-state index contributed by atoms with van der Waals surface area (Å²) in [7, 11) is -3.71. The molecule has 0 unspecified atom stereocenters. The molecule has 0 spiro atoms. The second-order valence-electron chi connectivity index (χ2n) is 8.47. The zero-order chi connectivity index (χ0) is 19.1. The van der Waals surface area contributed by atoms with E-state index < -0.39 is 16.8 Å². The molecule has 0 saturated carbocycles. The van der Waals surface area contributed by atoms with Gasteiger partial charge in [-0.2, -0.15) is 0 Å². The molecule has 0 amide bonds. The van der Waals surface area contributed by atoms with Crippen LogP contribution in [0.15, 0.2) is 30.3 Å². The van der Waals surface area contributed by atoms with Crippen LogP contribution < -0.4 is 0 Å². The summed E-state index contributed by atoms with van der Waals surface area (Å²) in [4.78, 5) is 0. The second kappa shape index (κ2) is 9.46. The molecular formula is C20H39NO2Si2. The number of hydrogen-bond acceptors (Lipinski definition) is 3. The Morgan fingerprint density at radius 1 is 0.920 bits per heavy atom. The topological polar surface area (TPSA) is 21.7 Å². The molecule has 0 aliphatic heterocycles. The zero-order valence-electron chi connectivity index (χ0n) is 17.7. The first kappa shape index (κ1) is 22.6. The lowest BCUT2D eigenvalue weighted by Gasteiger charge is -2.47. The van der Waals surface area contributed by atoms with E-state index in [9.17, 15) is 0 Å². The minimum absolute atomic E-state index is 0.316. The fourth-order valence-corrected chi connectivity index (χ4v) is 7.66. The molecule has 0 aliphatic carbocycles. The Labute approximate surface area is 158 Å². The fourth-order valence-electron chi connectivity index (χ4n) is 2.97. The Kier molecular flexibility index (Phi) is 8.55. The molecule has 0 aromatic heterocycles. The lowest BCUT2D eigenvalue weighted by atomic mass is 10.2. The molecule has 3 nitrogen and oxygen atoms in total. The lowest BCUT2D eigenvalue weighted by molar-refractivity contribution is 0.186. The maximum absolute atomic E-state index is 6.07. The van der Waals surface area contributed by atoms with Crippen LogP contribution in [-0.2, 0) is 15.4 Å². The molecule has 0 bridgehead atoms. The van der Waals surface area contributed by atoms with Crippen molar-refractivity contribution in [2.75, 3.05) is 19.8 Å². The van der Waals surface area contributed by atoms with Gasteiger partial charge in [-0.3, -0.25) is 0 Å². The van der Waals surface area contributed by atoms with E-state index in [1.54, 1.807) is 0 Å². The summed E-state index contributed by atoms with van der Waals surface area (Å²) in [5.74, 6) is 0. The van der Waals surface area contributed by atoms with E-state index in [1.807, 2.05) is 0 Å². The van der Waals surface area contributed by atoms with Crippen LogP contribution >= 0.6 is 0 Å². The molecule has 144 valence electrons. The molecule has 1 rings (SSSR count). The molecular weight excluding hydrogens is 342 g/mol. The van der Waals surface area contributed by atoms with E-state index in [1.165, 1.54) is 5.56 Å². The third-order valence-electron chi connectivity index (χ3n) is 5.58. The van der Waals surface area contributed by atoms with Gasteiger partial charge in [0.2, 0.25) is 0 Å². The average Bonchev–Trinajstić information content (AvgIpc) is 2.51. The van der Waals surface area contributed by atoms with E-state index >= 15 is 0 Å². The molecule has 0 aliphatic rings. The van der Waals surface area contributed by atoms with Gasteiger partial charge in [0.15, 0.2) is 0 Å². The zero-order valence-corrected chi connectivity index (χ0v) is 19.7. The molecule has 0 N–H and O–H groups in total. The molecule has 25 heavy (non-hydrogen) atoms. The van der Waals surface area contributed by atoms with Gasteiger partial charge >= 0.3 is 8.56 Å². The van der Waals surface area contributed by atoms with Crippen LogP contribution in [-0.4, -0.2) is 41.1 Å². The van der Waals surface area contributed by atoms with E-state index in [2.05, 4.69) is 89.2 Å². The summed E-state index contributed by atoms with van der Waals surface area (Å²) < 4.78 is 14.9. The SMILES string of the molecule is CCO[Si](C)(CCN(Cc1ccccc1)[Si](C)(C)C(C)(C)C)OCC. The maximum atomic E-state index is 6.07. The Morgan fingerprint density at radius 3 is 1.88 bits per heavy atom. The van der Waals surface area contributed by atoms with Gasteiger partial charge in [0.1, 0.15) is 8.24 Å². The highest BCUT2D eigenvalue weighted by Crippen LogP contribution is 2.39. The van der Waals surface area contributed by atoms with Crippen LogP contribution in [0.1, 0.15) is 40.2 Å². The van der Waals surface area contributed by atoms with Gasteiger partial charge in [-0.25, -0.2) is 0 Å². The third-order valence-corrected chi connectivity index (χ3v) is 14.1. The number of rotatable bonds is 10. The number of nitrogens with zero attached hydrogens (tertiary/aromatic N) is 1. The molecule has 0 heterocycles. The summed E-state index contributed by atoms with van der Waals surface area (Å²) in [5, 5.41) is 0.316. The summed E-state index contributed by atoms with van der Waals surface area (Å²) >= 11 is 0. The average molecular weight is 382 g/mol. The first-order valence-corrected chi connectivity index (χ1v) is 15.1. The van der Waals surface area contributed by atoms with Crippen LogP contribution in [0.25, 0.3) is 0 Å². The predicted octanol–water partition coefficient (Wildman–Crippen LogP) is 5.64. The van der Waals surface area contributed by atoms with E-state index in [0.29, 0.717) is 5.04 Å². The standard InChI is InChI=1S/C20H39NO2Si2/c1-9-22-25(8,23-10-2)17-16-21(24(6,7)20(3,4)5)18-19-14-12-11-13-15-19/h11-15H,9-10,16-18H2,1-8H3. The van der Waals surface area contributed by atoms with Gasteiger partial charge in [0, 0.05) is 25.8 Å². The summed E-state index contributed by atoms with van der Waals surface area (Å²) in [6.45, 7) is 22.0. The van der Waals surface area contributed by atoms with Gasteiger partial charge in [-0.1, -0.05) is 64.2 Å². The van der Waals surface area contributed by atoms with Crippen molar-refractivity contribution in [2.45, 2.75) is 71.9 Å². The molecule has 1 aromatic rings. The van der Waals surface area contributed by atoms with Crippen molar-refractivity contribution >= 4 is 16.8 Å². The van der Waals surface area contributed by atoms with Crippen LogP contribution in [0.3, 0.4) is 0 Å². The summed E-state index contributed by atoms with van der Waals surface area (Å²) in [5.41, 5.74) is 1.39. The highest BCUT2D eigenvalue weighted by Gasteiger charge is 2.42. The monoisotopic (exact) mass is 381 g/mol. The van der Waals surface area contributed by atoms with Crippen molar-refractivity contribution in [3.63, 3.8) is 0 Å². The summed E-state index contributed by atoms with van der Waals surface area (Å²) in [6, 6.07) is 11.9. The van der Waals surface area contributed by atoms with Crippen LogP contribution in [0, 0.1) is 0 Å². The molecule has 0 radical (unpaired) electrons. The number of hydrogen-bond donors (Lipinski definition) is 0. The Bertz CT molecular complexity index is 494. The predicted molar refractivity (Wildman–Crippen MR) is 114 cm³/mol. The van der Waals surface area contributed by atoms with Crippen molar-refractivity contribution in [3.8, 4) is 0 Å². The smallest absolute Gasteiger partial charge is 0.336 e. The lowest BCUT2D eigenvalue weighted by Crippen LogP contribution is -2.56. The van der Waals surface area contributed by atoms with Gasteiger partial charge < -0.3 is 13.4 Å². The van der Waals surface area contributed by atoms with Crippen LogP contribution in [0.2, 0.25) is 30.7 Å². The normalized spacial score (nSPS) is 13.5. The first-order valence-electron chi connectivity index (χ1n) is 9.62. The maximum Gasteiger partial charge on any atom is 0.336 e. The quantitative estimate of drug-likeness (QED) is 0.490. The summed E-state index contributed by atoms with van der Waals surface area (Å²) in [6.07, 6.45) is 0. The highest BCUT2D eigenvalue weighted by molar-refractivity contribution is 6.77. The van der Waals surface area contributed by atoms with E-state index in [4.69, 9.17) is 8.85 Å². The van der Waals surface area contributed by atoms with E-state index in [-0.39, 0.29) is 0 Å². The highest BCUT2D eigenvalue weighted by atomic mass is 28.4. The van der Waals surface area contributed by atoms with Crippen molar-refractivity contribution in [1.82, 2.24) is 4.57 Å². The first-order chi connectivity index (χ1) is 11.6. The van der Waals surface area contributed by atoms with Crippen molar-refractivity contribution in [1.29, 1.82) is 0 Å². The molecule has 5 heteroatoms. The van der Waals surface area contributed by atoms with Crippen molar-refractivity contribution in [3.05, 3.63) is 35.9 Å². The largest absolute Gasteiger partial charge is 0.395 e. The van der Waals surface area contributed by atoms with Gasteiger partial charge in [0.25, 0.3) is 0 Å². The van der Waals surface area contributed by atoms with Crippen LogP contribution in [0.4, 0.5) is 0 Å². The van der Waals surface area contributed by atoms with Gasteiger partial charge in [0.05, 0.1) is 0 Å². The van der Waals surface area contributed by atoms with Crippen molar-refractivity contribution in [2.24, 2.45) is 0 Å². The second-order valence-corrected chi connectivity index (χ2v) is 17.1. The number of benzene rings is 1. The fraction of sp³-hybridized carbons (Fsp3) is 0.700. The third kappa shape index (κ3) is 6.64. The molecule has 0 saturated heterocycles. The molecule has 0 fully saturated rings. The molecule has 0 atom stereocenters. The minimum Gasteiger partial charge on any atom is -0.395 e. The Balaban J connectivity index is 2.98.